The molecule has 33 nitrogen and oxygen atoms in total. The Kier molecular flexibility index (Phi) is 27.5. The fourth-order valence-corrected chi connectivity index (χ4v) is 15.3. The lowest BCUT2D eigenvalue weighted by molar-refractivity contribution is -0.147. The van der Waals surface area contributed by atoms with Crippen LogP contribution in [0.4, 0.5) is 34.9 Å². The van der Waals surface area contributed by atoms with E-state index in [2.05, 4.69) is 95.6 Å². The van der Waals surface area contributed by atoms with Crippen molar-refractivity contribution < 1.29 is 43.7 Å². The molecule has 3 saturated carbocycles. The van der Waals surface area contributed by atoms with Gasteiger partial charge in [-0.25, -0.2) is 29.9 Å². The van der Waals surface area contributed by atoms with E-state index in [-0.39, 0.29) is 76.2 Å². The highest BCUT2D eigenvalue weighted by molar-refractivity contribution is 5.95. The number of esters is 1. The number of rotatable bonds is 24. The fraction of sp³-hybridized carbons (Fsp3) is 0.407. The van der Waals surface area contributed by atoms with Crippen LogP contribution in [0.1, 0.15) is 222 Å². The van der Waals surface area contributed by atoms with Gasteiger partial charge < -0.3 is 46.9 Å². The molecule has 0 saturated heterocycles. The number of amides is 3. The molecule has 0 atom stereocenters. The molecule has 0 aliphatic heterocycles. The van der Waals surface area contributed by atoms with E-state index in [0.29, 0.717) is 79.9 Å². The van der Waals surface area contributed by atoms with Crippen molar-refractivity contribution in [3.05, 3.63) is 216 Å². The molecular weight excluding hydrogens is 1570 g/mol. The quantitative estimate of drug-likeness (QED) is 0.0260. The number of nitrogens with one attached hydrogen (secondary N) is 6. The topological polar surface area (TPSA) is 409 Å². The Morgan fingerprint density at radius 3 is 0.911 bits per heavy atom. The number of carbonyl (C=O) groups excluding carboxylic acids is 4. The number of benzene rings is 3. The molecule has 9 aromatic heterocycles. The summed E-state index contributed by atoms with van der Waals surface area (Å²) in [6.45, 7) is 25.6. The Morgan fingerprint density at radius 2 is 0.661 bits per heavy atom. The molecule has 9 heterocycles. The summed E-state index contributed by atoms with van der Waals surface area (Å²) in [5.41, 5.74) is 14.8. The highest BCUT2D eigenvalue weighted by Crippen LogP contribution is 2.37. The van der Waals surface area contributed by atoms with Gasteiger partial charge in [0, 0.05) is 92.1 Å². The number of ether oxygens (including phenoxy) is 1. The third-order valence-electron chi connectivity index (χ3n) is 22.8. The largest absolute Gasteiger partial charge is 0.481 e. The zero-order chi connectivity index (χ0) is 88.2. The predicted octanol–water partition coefficient (Wildman–Crippen LogP) is 15.4. The van der Waals surface area contributed by atoms with Crippen molar-refractivity contribution in [2.75, 3.05) is 23.1 Å². The first-order valence-corrected chi connectivity index (χ1v) is 42.0. The molecular formula is C91H110N24O9. The van der Waals surface area contributed by atoms with Crippen LogP contribution in [0, 0.1) is 38.5 Å². The van der Waals surface area contributed by atoms with E-state index >= 15 is 0 Å². The van der Waals surface area contributed by atoms with Crippen molar-refractivity contribution >= 4 is 70.5 Å². The van der Waals surface area contributed by atoms with Gasteiger partial charge in [-0.15, -0.1) is 0 Å². The van der Waals surface area contributed by atoms with Crippen LogP contribution >= 0.6 is 0 Å². The summed E-state index contributed by atoms with van der Waals surface area (Å²) in [6, 6.07) is 24.4. The number of carbonyl (C=O) groups is 6. The molecule has 3 fully saturated rings. The standard InChI is InChI=1S/C31H38N8O3.2C30H36N8O3/c1-20-14-22(6-7-23(20)15-33-28(40)24-16-35-39(18-24)31(2,3)4)27-12-13-32-30(37-27)36-25-17-34-38(19-25)26-10-8-21(9-11-26)29(41)42-5;2*1-19-13-21(5-6-22(19)14-32-27(39)23-15-34-38(17-23)30(2,3)4)26-11-12-31-29(36-26)35-24-16-33-37(18-24)25-9-7-20(8-10-25)28(40)41/h6-7,12-14,16-19,21,26H,8-11,15H2,1-5H3,(H,33,40)(H,32,36,37);2*5-6,11-13,15-18,20,25H,7-10,14H2,1-4H3,(H,32,39)(H,40,41)(H,31,35,36). The van der Waals surface area contributed by atoms with Crippen molar-refractivity contribution in [2.45, 2.75) is 215 Å². The van der Waals surface area contributed by atoms with Gasteiger partial charge in [-0.2, -0.15) is 30.6 Å². The molecule has 0 spiro atoms. The first kappa shape index (κ1) is 88.2. The third-order valence-corrected chi connectivity index (χ3v) is 22.8. The van der Waals surface area contributed by atoms with Crippen LogP contribution < -0.4 is 31.9 Å². The van der Waals surface area contributed by atoms with E-state index in [0.717, 1.165) is 136 Å². The first-order valence-electron chi connectivity index (χ1n) is 42.0. The summed E-state index contributed by atoms with van der Waals surface area (Å²) < 4.78 is 16.0. The molecule has 0 unspecified atom stereocenters. The number of methoxy groups -OCH3 is 1. The molecule has 3 amide bonds. The maximum absolute atomic E-state index is 12.7. The summed E-state index contributed by atoms with van der Waals surface area (Å²) in [7, 11) is 1.45. The zero-order valence-electron chi connectivity index (χ0n) is 72.5. The lowest BCUT2D eigenvalue weighted by Gasteiger charge is -2.26. The van der Waals surface area contributed by atoms with Crippen molar-refractivity contribution in [3.63, 3.8) is 0 Å². The van der Waals surface area contributed by atoms with Crippen LogP contribution in [0.2, 0.25) is 0 Å². The summed E-state index contributed by atoms with van der Waals surface area (Å²) in [5.74, 6) is -1.14. The van der Waals surface area contributed by atoms with Crippen molar-refractivity contribution in [2.24, 2.45) is 17.8 Å². The number of anilines is 6. The number of nitrogens with zero attached hydrogens (tertiary/aromatic N) is 18. The number of hydrogen-bond donors (Lipinski definition) is 8. The average Bonchev–Trinajstić information content (AvgIpc) is 1.21. The molecule has 33 heteroatoms. The van der Waals surface area contributed by atoms with Gasteiger partial charge in [0.25, 0.3) is 17.7 Å². The minimum atomic E-state index is -0.708. The summed E-state index contributed by atoms with van der Waals surface area (Å²) in [6.07, 6.45) is 35.5. The maximum Gasteiger partial charge on any atom is 0.308 e. The molecule has 124 heavy (non-hydrogen) atoms. The Labute approximate surface area is 720 Å². The van der Waals surface area contributed by atoms with Gasteiger partial charge in [-0.05, 0) is 230 Å². The average molecular weight is 1680 g/mol. The maximum atomic E-state index is 12.7. The number of aliphatic carboxylic acids is 2. The number of aromatic nitrogens is 18. The zero-order valence-corrected chi connectivity index (χ0v) is 72.5. The van der Waals surface area contributed by atoms with Gasteiger partial charge >= 0.3 is 17.9 Å². The van der Waals surface area contributed by atoms with E-state index < -0.39 is 11.9 Å². The van der Waals surface area contributed by atoms with Gasteiger partial charge in [-0.1, -0.05) is 36.4 Å². The fourth-order valence-electron chi connectivity index (χ4n) is 15.3. The molecule has 8 N–H and O–H groups in total. The minimum absolute atomic E-state index is 0.0172. The van der Waals surface area contributed by atoms with Gasteiger partial charge in [-0.3, -0.25) is 56.9 Å². The van der Waals surface area contributed by atoms with E-state index in [1.54, 1.807) is 88.4 Å². The SMILES string of the molecule is COC(=O)C1CCC(n2cc(Nc3nccc(-c4ccc(CNC(=O)c5cnn(C(C)(C)C)c5)c(C)c4)n3)cn2)CC1.Cc1cc(-c2ccnc(Nc3cnn(C4CCC(C(=O)O)CC4)c3)n2)ccc1CNC(=O)c1cnn(C(C)(C)C)c1.Cc1cc(-c2ccnc(Nc3cnn(C4CCC(C(=O)O)CC4)c3)n2)ccc1CNC(=O)c1cnn(C(C)(C)C)c1. The lowest BCUT2D eigenvalue weighted by Crippen LogP contribution is -2.24. The van der Waals surface area contributed by atoms with Gasteiger partial charge in [0.2, 0.25) is 17.8 Å². The van der Waals surface area contributed by atoms with Gasteiger partial charge in [0.05, 0.1) is 148 Å². The number of carboxylic acid groups (broad SMARTS) is 2. The van der Waals surface area contributed by atoms with Gasteiger partial charge in [0.15, 0.2) is 0 Å². The smallest absolute Gasteiger partial charge is 0.308 e. The van der Waals surface area contributed by atoms with Gasteiger partial charge in [0.1, 0.15) is 0 Å². The molecule has 3 aliphatic carbocycles. The number of aryl methyl sites for hydroxylation is 3. The molecule has 15 rings (SSSR count). The Hall–Kier alpha value is -13.6. The van der Waals surface area contributed by atoms with Crippen molar-refractivity contribution in [3.8, 4) is 33.8 Å². The summed E-state index contributed by atoms with van der Waals surface area (Å²) >= 11 is 0. The molecule has 12 aromatic rings. The number of carboxylic acids is 2. The van der Waals surface area contributed by atoms with Crippen LogP contribution in [-0.2, 0) is 55.4 Å². The monoisotopic (exact) mass is 1680 g/mol. The Morgan fingerprint density at radius 1 is 0.379 bits per heavy atom. The molecule has 3 aliphatic rings. The number of hydrogen-bond acceptors (Lipinski definition) is 22. The summed E-state index contributed by atoms with van der Waals surface area (Å²) in [5, 5.41) is 63.6. The van der Waals surface area contributed by atoms with E-state index in [9.17, 15) is 39.0 Å². The van der Waals surface area contributed by atoms with Crippen molar-refractivity contribution in [1.82, 2.24) is 105 Å². The first-order chi connectivity index (χ1) is 59.2. The van der Waals surface area contributed by atoms with Crippen LogP contribution in [0.15, 0.2) is 166 Å². The van der Waals surface area contributed by atoms with E-state index in [1.165, 1.54) is 7.11 Å². The Balaban J connectivity index is 0.000000160. The van der Waals surface area contributed by atoms with Crippen LogP contribution in [-0.4, -0.2) is 142 Å². The lowest BCUT2D eigenvalue weighted by atomic mass is 9.86. The van der Waals surface area contributed by atoms with Crippen LogP contribution in [0.25, 0.3) is 33.8 Å². The minimum Gasteiger partial charge on any atom is -0.481 e. The summed E-state index contributed by atoms with van der Waals surface area (Å²) in [4.78, 5) is 99.5. The predicted molar refractivity (Wildman–Crippen MR) is 469 cm³/mol. The second kappa shape index (κ2) is 38.6. The highest BCUT2D eigenvalue weighted by atomic mass is 16.5. The molecule has 648 valence electrons. The highest BCUT2D eigenvalue weighted by Gasteiger charge is 2.32. The van der Waals surface area contributed by atoms with E-state index in [4.69, 9.17) is 19.7 Å². The van der Waals surface area contributed by atoms with Crippen molar-refractivity contribution in [1.29, 1.82) is 0 Å². The molecule has 0 radical (unpaired) electrons. The van der Waals surface area contributed by atoms with E-state index in [1.807, 2.05) is 170 Å². The van der Waals surface area contributed by atoms with Crippen LogP contribution in [0.5, 0.6) is 0 Å². The normalized spacial score (nSPS) is 17.2. The van der Waals surface area contributed by atoms with Crippen LogP contribution in [0.3, 0.4) is 0 Å². The molecule has 3 aromatic carbocycles. The Bertz CT molecular complexity index is 5520. The molecule has 0 bridgehead atoms. The second-order valence-corrected chi connectivity index (χ2v) is 35.0. The third kappa shape index (κ3) is 22.7. The second-order valence-electron chi connectivity index (χ2n) is 35.0.